The summed E-state index contributed by atoms with van der Waals surface area (Å²) in [5, 5.41) is 0. The maximum atomic E-state index is 14.2. The van der Waals surface area contributed by atoms with Crippen molar-refractivity contribution in [1.29, 1.82) is 0 Å². The number of alkyl halides is 3. The Bertz CT molecular complexity index is 1090. The molecule has 1 aromatic carbocycles. The van der Waals surface area contributed by atoms with E-state index in [9.17, 15) is 22.8 Å². The third kappa shape index (κ3) is 4.88. The van der Waals surface area contributed by atoms with Crippen molar-refractivity contribution >= 4 is 17.5 Å². The average molecular weight is 493 g/mol. The van der Waals surface area contributed by atoms with E-state index < -0.39 is 34.7 Å². The molecule has 2 heterocycles. The van der Waals surface area contributed by atoms with Crippen molar-refractivity contribution < 1.29 is 27.5 Å². The minimum Gasteiger partial charge on any atom is -0.476 e. The SMILES string of the molecule is CC(C)N(C(=O)c1cc2c(cc1C(F)(F)F)OC(C)(C)C(=O)N2Cc1cnc[nH]1)C1CCCCC1. The van der Waals surface area contributed by atoms with Crippen molar-refractivity contribution in [2.45, 2.75) is 90.2 Å². The van der Waals surface area contributed by atoms with E-state index in [-0.39, 0.29) is 30.1 Å². The van der Waals surface area contributed by atoms with Gasteiger partial charge in [-0.25, -0.2) is 4.98 Å². The van der Waals surface area contributed by atoms with Crippen molar-refractivity contribution in [2.75, 3.05) is 4.90 Å². The first-order valence-electron chi connectivity index (χ1n) is 12.0. The number of carbonyl (C=O) groups is 2. The minimum absolute atomic E-state index is 0.0497. The van der Waals surface area contributed by atoms with Gasteiger partial charge in [0.25, 0.3) is 11.8 Å². The molecule has 1 aliphatic heterocycles. The molecule has 1 saturated carbocycles. The van der Waals surface area contributed by atoms with Crippen molar-refractivity contribution in [3.8, 4) is 5.75 Å². The summed E-state index contributed by atoms with van der Waals surface area (Å²) >= 11 is 0. The Hall–Kier alpha value is -3.04. The van der Waals surface area contributed by atoms with Crippen LogP contribution in [0.3, 0.4) is 0 Å². The van der Waals surface area contributed by atoms with Gasteiger partial charge < -0.3 is 14.6 Å². The molecule has 0 spiro atoms. The smallest absolute Gasteiger partial charge is 0.417 e. The van der Waals surface area contributed by atoms with Crippen LogP contribution in [-0.4, -0.2) is 44.4 Å². The fraction of sp³-hybridized carbons (Fsp3) is 0.560. The van der Waals surface area contributed by atoms with E-state index >= 15 is 0 Å². The van der Waals surface area contributed by atoms with Gasteiger partial charge in [-0.1, -0.05) is 19.3 Å². The third-order valence-corrected chi connectivity index (χ3v) is 6.69. The third-order valence-electron chi connectivity index (χ3n) is 6.69. The summed E-state index contributed by atoms with van der Waals surface area (Å²) in [6, 6.07) is 1.63. The lowest BCUT2D eigenvalue weighted by atomic mass is 9.92. The molecule has 0 radical (unpaired) electrons. The van der Waals surface area contributed by atoms with E-state index in [0.717, 1.165) is 38.2 Å². The van der Waals surface area contributed by atoms with Gasteiger partial charge in [-0.3, -0.25) is 14.5 Å². The minimum atomic E-state index is -4.78. The van der Waals surface area contributed by atoms with Gasteiger partial charge in [0.1, 0.15) is 5.75 Å². The first kappa shape index (κ1) is 25.1. The predicted octanol–water partition coefficient (Wildman–Crippen LogP) is 5.32. The number of halogens is 3. The molecular weight excluding hydrogens is 461 g/mol. The number of benzene rings is 1. The van der Waals surface area contributed by atoms with Gasteiger partial charge in [0.15, 0.2) is 5.60 Å². The van der Waals surface area contributed by atoms with Crippen molar-refractivity contribution in [1.82, 2.24) is 14.9 Å². The van der Waals surface area contributed by atoms with E-state index in [1.807, 2.05) is 13.8 Å². The highest BCUT2D eigenvalue weighted by Crippen LogP contribution is 2.45. The highest BCUT2D eigenvalue weighted by Gasteiger charge is 2.45. The average Bonchev–Trinajstić information content (AvgIpc) is 3.29. The molecule has 0 saturated heterocycles. The molecule has 2 amide bonds. The van der Waals surface area contributed by atoms with Gasteiger partial charge in [0.2, 0.25) is 0 Å². The molecule has 2 aromatic rings. The molecule has 1 aromatic heterocycles. The number of carbonyl (C=O) groups excluding carboxylic acids is 2. The van der Waals surface area contributed by atoms with E-state index in [4.69, 9.17) is 4.74 Å². The summed E-state index contributed by atoms with van der Waals surface area (Å²) in [5.41, 5.74) is -2.18. The number of hydrogen-bond donors (Lipinski definition) is 1. The zero-order chi connectivity index (χ0) is 25.5. The lowest BCUT2D eigenvalue weighted by Crippen LogP contribution is -2.52. The van der Waals surface area contributed by atoms with E-state index in [1.165, 1.54) is 37.3 Å². The van der Waals surface area contributed by atoms with E-state index in [1.54, 1.807) is 4.90 Å². The van der Waals surface area contributed by atoms with Crippen LogP contribution in [0.2, 0.25) is 0 Å². The van der Waals surface area contributed by atoms with Crippen LogP contribution in [0.1, 0.15) is 81.4 Å². The van der Waals surface area contributed by atoms with Gasteiger partial charge in [-0.2, -0.15) is 13.2 Å². The van der Waals surface area contributed by atoms with Crippen molar-refractivity contribution in [3.63, 3.8) is 0 Å². The van der Waals surface area contributed by atoms with Gasteiger partial charge in [0, 0.05) is 18.3 Å². The highest BCUT2D eigenvalue weighted by molar-refractivity contribution is 6.05. The summed E-state index contributed by atoms with van der Waals surface area (Å²) in [6.45, 7) is 6.70. The predicted molar refractivity (Wildman–Crippen MR) is 124 cm³/mol. The summed E-state index contributed by atoms with van der Waals surface area (Å²) in [5.74, 6) is -1.20. The largest absolute Gasteiger partial charge is 0.476 e. The number of nitrogens with zero attached hydrogens (tertiary/aromatic N) is 3. The molecule has 7 nitrogen and oxygen atoms in total. The number of anilines is 1. The summed E-state index contributed by atoms with van der Waals surface area (Å²) in [6.07, 6.45) is 2.67. The first-order valence-corrected chi connectivity index (χ1v) is 12.0. The second-order valence-corrected chi connectivity index (χ2v) is 10.0. The van der Waals surface area contributed by atoms with Crippen LogP contribution in [0.4, 0.5) is 18.9 Å². The molecule has 4 rings (SSSR count). The normalized spacial score (nSPS) is 18.4. The van der Waals surface area contributed by atoms with Crippen LogP contribution in [0.15, 0.2) is 24.7 Å². The highest BCUT2D eigenvalue weighted by atomic mass is 19.4. The molecule has 1 fully saturated rings. The molecule has 0 atom stereocenters. The second kappa shape index (κ2) is 9.20. The van der Waals surface area contributed by atoms with Crippen molar-refractivity contribution in [3.05, 3.63) is 41.5 Å². The number of imidazole rings is 1. The summed E-state index contributed by atoms with van der Waals surface area (Å²) < 4.78 is 48.4. The van der Waals surface area contributed by atoms with Crippen LogP contribution < -0.4 is 9.64 Å². The molecule has 35 heavy (non-hydrogen) atoms. The molecule has 0 unspecified atom stereocenters. The van der Waals surface area contributed by atoms with E-state index in [2.05, 4.69) is 9.97 Å². The Morgan fingerprint density at radius 2 is 1.94 bits per heavy atom. The van der Waals surface area contributed by atoms with Crippen LogP contribution in [0.25, 0.3) is 0 Å². The molecule has 1 aliphatic carbocycles. The fourth-order valence-electron chi connectivity index (χ4n) is 5.04. The van der Waals surface area contributed by atoms with Gasteiger partial charge in [-0.15, -0.1) is 0 Å². The standard InChI is InChI=1S/C25H31F3N4O3/c1-15(2)32(17-8-6-5-7-9-17)22(33)18-10-20-21(11-19(18)25(26,27)28)35-24(3,4)23(34)31(20)13-16-12-29-14-30-16/h10-12,14-15,17H,5-9,13H2,1-4H3,(H,29,30). The Morgan fingerprint density at radius 1 is 1.26 bits per heavy atom. The maximum absolute atomic E-state index is 14.2. The molecule has 10 heteroatoms. The lowest BCUT2D eigenvalue weighted by molar-refractivity contribution is -0.138. The van der Waals surface area contributed by atoms with Crippen LogP contribution >= 0.6 is 0 Å². The molecule has 190 valence electrons. The van der Waals surface area contributed by atoms with Gasteiger partial charge in [-0.05, 0) is 52.7 Å². The molecular formula is C25H31F3N4O3. The lowest BCUT2D eigenvalue weighted by Gasteiger charge is -2.40. The topological polar surface area (TPSA) is 78.5 Å². The van der Waals surface area contributed by atoms with Crippen LogP contribution in [-0.2, 0) is 17.5 Å². The Labute approximate surface area is 202 Å². The Balaban J connectivity index is 1.85. The molecule has 2 aliphatic rings. The maximum Gasteiger partial charge on any atom is 0.417 e. The Morgan fingerprint density at radius 3 is 2.51 bits per heavy atom. The number of aromatic nitrogens is 2. The Kier molecular flexibility index (Phi) is 6.59. The van der Waals surface area contributed by atoms with Gasteiger partial charge >= 0.3 is 6.18 Å². The number of H-pyrrole nitrogens is 1. The summed E-state index contributed by atoms with van der Waals surface area (Å²) in [7, 11) is 0. The zero-order valence-electron chi connectivity index (χ0n) is 20.4. The van der Waals surface area contributed by atoms with Crippen molar-refractivity contribution in [2.24, 2.45) is 0 Å². The van der Waals surface area contributed by atoms with E-state index in [0.29, 0.717) is 5.69 Å². The van der Waals surface area contributed by atoms with Crippen LogP contribution in [0.5, 0.6) is 5.75 Å². The number of hydrogen-bond acceptors (Lipinski definition) is 4. The number of nitrogens with one attached hydrogen (secondary N) is 1. The monoisotopic (exact) mass is 492 g/mol. The molecule has 0 bridgehead atoms. The zero-order valence-corrected chi connectivity index (χ0v) is 20.4. The van der Waals surface area contributed by atoms with Gasteiger partial charge in [0.05, 0.1) is 35.4 Å². The number of aromatic amines is 1. The first-order chi connectivity index (χ1) is 16.4. The summed E-state index contributed by atoms with van der Waals surface area (Å²) in [4.78, 5) is 36.8. The number of rotatable bonds is 5. The number of fused-ring (bicyclic) bond motifs is 1. The molecule has 1 N–H and O–H groups in total. The van der Waals surface area contributed by atoms with Crippen LogP contribution in [0, 0.1) is 0 Å². The fourth-order valence-corrected chi connectivity index (χ4v) is 5.04. The second-order valence-electron chi connectivity index (χ2n) is 10.0. The number of ether oxygens (including phenoxy) is 1. The number of amides is 2. The quantitative estimate of drug-likeness (QED) is 0.613.